The minimum absolute atomic E-state index is 0.267. The Labute approximate surface area is 276 Å². The van der Waals surface area contributed by atoms with Gasteiger partial charge in [0.2, 0.25) is 0 Å². The van der Waals surface area contributed by atoms with E-state index in [0.29, 0.717) is 17.6 Å². The van der Waals surface area contributed by atoms with Crippen molar-refractivity contribution < 1.29 is 48.6 Å². The molecule has 1 aromatic carbocycles. The highest BCUT2D eigenvalue weighted by Crippen LogP contribution is 2.73. The van der Waals surface area contributed by atoms with E-state index in [1.165, 1.54) is 19.3 Å². The van der Waals surface area contributed by atoms with Gasteiger partial charge in [-0.3, -0.25) is 4.79 Å². The number of rotatable bonds is 12. The number of hydrogen-bond acceptors (Lipinski definition) is 10. The van der Waals surface area contributed by atoms with Crippen LogP contribution in [0.25, 0.3) is 0 Å². The minimum Gasteiger partial charge on any atom is -0.455 e. The maximum Gasteiger partial charge on any atom is 0.338 e. The summed E-state index contributed by atoms with van der Waals surface area (Å²) in [6.07, 6.45) is 4.91. The molecule has 3 bridgehead atoms. The number of fused-ring (bicyclic) bond motifs is 3. The maximum absolute atomic E-state index is 13.9. The highest BCUT2D eigenvalue weighted by atomic mass is 16.9. The first-order chi connectivity index (χ1) is 22.4. The number of ether oxygens (including phenoxy) is 5. The fourth-order valence-electron chi connectivity index (χ4n) is 9.80. The van der Waals surface area contributed by atoms with Crippen LogP contribution in [0.3, 0.4) is 0 Å². The Bertz CT molecular complexity index is 1480. The quantitative estimate of drug-likeness (QED) is 0.130. The van der Waals surface area contributed by atoms with E-state index in [0.717, 1.165) is 25.7 Å². The predicted octanol–water partition coefficient (Wildman–Crippen LogP) is 4.15. The second kappa shape index (κ2) is 11.3. The van der Waals surface area contributed by atoms with Crippen molar-refractivity contribution >= 4 is 11.8 Å². The highest BCUT2D eigenvalue weighted by Gasteiger charge is 2.90. The van der Waals surface area contributed by atoms with Crippen molar-refractivity contribution in [2.24, 2.45) is 17.8 Å². The standard InChI is InChI=1S/C37H48O10/c1-6-7-8-9-10-11-15-18-34-45-30-26-29-33(20-38,44-29)32(41)35(42)25(19-22(4)27(35)39)37(26,47-34)23(5)28(36(30,46-34)21(2)3)43-31(40)24-16-13-12-14-17-24/h12-14,16-17,19,23,25-26,28-30,32,38,41-42H,2,6-11,15,18,20H2,1,3-5H3/t23-,25?,26?,28-,29+,30+,32-,33+,34?,35-,36-,37+/m1/s1. The number of Topliss-reactive ketones (excluding diaryl/α,β-unsaturated/α-hetero) is 1. The van der Waals surface area contributed by atoms with Crippen molar-refractivity contribution in [3.8, 4) is 0 Å². The third-order valence-corrected chi connectivity index (χ3v) is 12.1. The number of carbonyl (C=O) groups is 2. The molecule has 10 heteroatoms. The van der Waals surface area contributed by atoms with E-state index < -0.39 is 88.9 Å². The Kier molecular flexibility index (Phi) is 7.95. The van der Waals surface area contributed by atoms with Gasteiger partial charge >= 0.3 is 5.97 Å². The van der Waals surface area contributed by atoms with Crippen molar-refractivity contribution in [2.75, 3.05) is 6.61 Å². The number of unbranched alkanes of at least 4 members (excludes halogenated alkanes) is 6. The molecule has 3 N–H and O–H groups in total. The zero-order valence-electron chi connectivity index (χ0n) is 27.8. The topological polar surface area (TPSA) is 144 Å². The molecule has 7 rings (SSSR count). The first kappa shape index (κ1) is 33.1. The second-order valence-corrected chi connectivity index (χ2v) is 14.8. The molecule has 2 saturated carbocycles. The monoisotopic (exact) mass is 652 g/mol. The van der Waals surface area contributed by atoms with E-state index in [2.05, 4.69) is 13.5 Å². The summed E-state index contributed by atoms with van der Waals surface area (Å²) < 4.78 is 33.6. The summed E-state index contributed by atoms with van der Waals surface area (Å²) in [7, 11) is 0. The van der Waals surface area contributed by atoms with Crippen LogP contribution in [0.15, 0.2) is 54.1 Å². The molecule has 0 aromatic heterocycles. The molecule has 0 amide bonds. The Morgan fingerprint density at radius 3 is 2.36 bits per heavy atom. The number of carbonyl (C=O) groups excluding carboxylic acids is 2. The lowest BCUT2D eigenvalue weighted by atomic mass is 9.53. The molecule has 12 atom stereocenters. The summed E-state index contributed by atoms with van der Waals surface area (Å²) in [4.78, 5) is 27.6. The second-order valence-electron chi connectivity index (χ2n) is 14.8. The molecule has 0 radical (unpaired) electrons. The van der Waals surface area contributed by atoms with Crippen LogP contribution in [0.5, 0.6) is 0 Å². The SMILES string of the molecule is C=C(C)[C@]12OC3(CCCCCCCCC)O[C@H]1C1[C@@H]4O[C@]4(CO)[C@@H](O)[C@]4(O)C(=O)C(C)=CC4[C@@]1(O3)[C@H](C)[C@H]2OC(=O)c1ccccc1. The van der Waals surface area contributed by atoms with E-state index >= 15 is 0 Å². The molecule has 0 spiro atoms. The lowest BCUT2D eigenvalue weighted by Crippen LogP contribution is -2.76. The smallest absolute Gasteiger partial charge is 0.338 e. The van der Waals surface area contributed by atoms with Gasteiger partial charge in [0.25, 0.3) is 5.97 Å². The van der Waals surface area contributed by atoms with Crippen molar-refractivity contribution in [3.05, 3.63) is 59.7 Å². The number of ketones is 1. The fraction of sp³-hybridized carbons (Fsp3) is 0.676. The molecule has 3 unspecified atom stereocenters. The Balaban J connectivity index is 1.36. The van der Waals surface area contributed by atoms with Gasteiger partial charge in [-0.25, -0.2) is 4.79 Å². The lowest BCUT2D eigenvalue weighted by Gasteiger charge is -2.61. The van der Waals surface area contributed by atoms with Gasteiger partial charge in [0.15, 0.2) is 17.0 Å². The predicted molar refractivity (Wildman–Crippen MR) is 169 cm³/mol. The van der Waals surface area contributed by atoms with Gasteiger partial charge < -0.3 is 39.0 Å². The van der Waals surface area contributed by atoms with Gasteiger partial charge in [-0.15, -0.1) is 0 Å². The third kappa shape index (κ3) is 4.28. The summed E-state index contributed by atoms with van der Waals surface area (Å²) in [5, 5.41) is 35.0. The van der Waals surface area contributed by atoms with E-state index in [9.17, 15) is 24.9 Å². The minimum atomic E-state index is -2.38. The molecule has 256 valence electrons. The lowest BCUT2D eigenvalue weighted by molar-refractivity contribution is -0.431. The number of aliphatic hydroxyl groups excluding tert-OH is 2. The number of hydrogen-bond donors (Lipinski definition) is 3. The molecule has 47 heavy (non-hydrogen) atoms. The van der Waals surface area contributed by atoms with Crippen LogP contribution in [0, 0.1) is 17.8 Å². The molecule has 10 nitrogen and oxygen atoms in total. The molecule has 3 aliphatic heterocycles. The van der Waals surface area contributed by atoms with Gasteiger partial charge in [-0.05, 0) is 43.5 Å². The van der Waals surface area contributed by atoms with Crippen LogP contribution in [-0.4, -0.2) is 86.5 Å². The van der Waals surface area contributed by atoms with Crippen LogP contribution in [0.4, 0.5) is 0 Å². The number of epoxide rings is 1. The largest absolute Gasteiger partial charge is 0.455 e. The van der Waals surface area contributed by atoms with Crippen LogP contribution in [0.1, 0.15) is 89.4 Å². The maximum atomic E-state index is 13.9. The molecule has 1 aromatic rings. The number of benzene rings is 1. The Morgan fingerprint density at radius 1 is 1.02 bits per heavy atom. The normalized spacial score (nSPS) is 45.5. The third-order valence-electron chi connectivity index (χ3n) is 12.1. The zero-order valence-corrected chi connectivity index (χ0v) is 27.8. The Morgan fingerprint density at radius 2 is 1.70 bits per heavy atom. The summed E-state index contributed by atoms with van der Waals surface area (Å²) in [6.45, 7) is 11.2. The number of aliphatic hydroxyl groups is 3. The number of esters is 1. The first-order valence-corrected chi connectivity index (χ1v) is 17.3. The Hall–Kier alpha value is -2.44. The molecule has 3 heterocycles. The van der Waals surface area contributed by atoms with E-state index in [1.54, 1.807) is 37.3 Å². The van der Waals surface area contributed by atoms with Gasteiger partial charge in [-0.1, -0.05) is 83.2 Å². The van der Waals surface area contributed by atoms with Crippen molar-refractivity contribution in [3.63, 3.8) is 0 Å². The van der Waals surface area contributed by atoms with Crippen molar-refractivity contribution in [1.29, 1.82) is 0 Å². The van der Waals surface area contributed by atoms with Gasteiger partial charge in [0, 0.05) is 24.2 Å². The molecular formula is C37H48O10. The van der Waals surface area contributed by atoms with E-state index in [4.69, 9.17) is 23.7 Å². The summed E-state index contributed by atoms with van der Waals surface area (Å²) in [5.74, 6) is -5.37. The van der Waals surface area contributed by atoms with Crippen LogP contribution < -0.4 is 0 Å². The highest BCUT2D eigenvalue weighted by molar-refractivity contribution is 6.05. The fourth-order valence-corrected chi connectivity index (χ4v) is 9.80. The molecule has 5 fully saturated rings. The van der Waals surface area contributed by atoms with Crippen molar-refractivity contribution in [1.82, 2.24) is 0 Å². The summed E-state index contributed by atoms with van der Waals surface area (Å²) in [5.41, 5.74) is -5.69. The van der Waals surface area contributed by atoms with Gasteiger partial charge in [0.05, 0.1) is 17.8 Å². The summed E-state index contributed by atoms with van der Waals surface area (Å²) in [6, 6.07) is 8.65. The zero-order chi connectivity index (χ0) is 33.6. The van der Waals surface area contributed by atoms with Gasteiger partial charge in [-0.2, -0.15) is 0 Å². The van der Waals surface area contributed by atoms with Crippen LogP contribution >= 0.6 is 0 Å². The average molecular weight is 653 g/mol. The van der Waals surface area contributed by atoms with E-state index in [-0.39, 0.29) is 5.57 Å². The van der Waals surface area contributed by atoms with Crippen LogP contribution in [-0.2, 0) is 28.5 Å². The molecule has 6 aliphatic rings. The van der Waals surface area contributed by atoms with E-state index in [1.807, 2.05) is 19.9 Å². The molecular weight excluding hydrogens is 604 g/mol. The van der Waals surface area contributed by atoms with Crippen molar-refractivity contribution in [2.45, 2.75) is 132 Å². The summed E-state index contributed by atoms with van der Waals surface area (Å²) >= 11 is 0. The first-order valence-electron chi connectivity index (χ1n) is 17.3. The molecule has 3 aliphatic carbocycles. The average Bonchev–Trinajstić information content (AvgIpc) is 3.69. The van der Waals surface area contributed by atoms with Gasteiger partial charge in [0.1, 0.15) is 30.0 Å². The van der Waals surface area contributed by atoms with Crippen LogP contribution in [0.2, 0.25) is 0 Å². The molecule has 3 saturated heterocycles.